The fourth-order valence-corrected chi connectivity index (χ4v) is 2.26. The lowest BCUT2D eigenvalue weighted by Gasteiger charge is -2.14. The lowest BCUT2D eigenvalue weighted by Crippen LogP contribution is -2.27. The zero-order chi connectivity index (χ0) is 13.2. The van der Waals surface area contributed by atoms with E-state index in [2.05, 4.69) is 12.2 Å². The standard InChI is InChI=1S/C14H27NO3/c1-3-17-14(16)7-5-4-6-9-15-11-13-8-10-18-12(13)2/h12-13,15H,3-11H2,1-2H3. The Morgan fingerprint density at radius 3 is 2.89 bits per heavy atom. The summed E-state index contributed by atoms with van der Waals surface area (Å²) in [6.07, 6.45) is 5.28. The van der Waals surface area contributed by atoms with Crippen LogP contribution in [-0.4, -0.2) is 38.4 Å². The van der Waals surface area contributed by atoms with Crippen LogP contribution in [0.25, 0.3) is 0 Å². The van der Waals surface area contributed by atoms with E-state index < -0.39 is 0 Å². The van der Waals surface area contributed by atoms with Crippen LogP contribution >= 0.6 is 0 Å². The lowest BCUT2D eigenvalue weighted by atomic mass is 10.0. The molecule has 0 aromatic heterocycles. The van der Waals surface area contributed by atoms with Crippen molar-refractivity contribution in [2.24, 2.45) is 5.92 Å². The molecular formula is C14H27NO3. The molecule has 106 valence electrons. The Balaban J connectivity index is 1.85. The smallest absolute Gasteiger partial charge is 0.305 e. The molecule has 1 rings (SSSR count). The second kappa shape index (κ2) is 9.34. The summed E-state index contributed by atoms with van der Waals surface area (Å²) in [5.74, 6) is 0.604. The average molecular weight is 257 g/mol. The lowest BCUT2D eigenvalue weighted by molar-refractivity contribution is -0.143. The van der Waals surface area contributed by atoms with Crippen LogP contribution in [0.2, 0.25) is 0 Å². The third-order valence-electron chi connectivity index (χ3n) is 3.48. The topological polar surface area (TPSA) is 47.6 Å². The first kappa shape index (κ1) is 15.4. The summed E-state index contributed by atoms with van der Waals surface area (Å²) in [6.45, 7) is 7.48. The van der Waals surface area contributed by atoms with Crippen LogP contribution in [0.3, 0.4) is 0 Å². The molecule has 4 heteroatoms. The van der Waals surface area contributed by atoms with Gasteiger partial charge in [0.1, 0.15) is 0 Å². The molecule has 0 aromatic carbocycles. The van der Waals surface area contributed by atoms with Gasteiger partial charge in [-0.3, -0.25) is 4.79 Å². The van der Waals surface area contributed by atoms with Crippen LogP contribution in [0.5, 0.6) is 0 Å². The first-order valence-corrected chi connectivity index (χ1v) is 7.22. The third kappa shape index (κ3) is 6.36. The summed E-state index contributed by atoms with van der Waals surface area (Å²) in [7, 11) is 0. The van der Waals surface area contributed by atoms with Crippen molar-refractivity contribution in [3.63, 3.8) is 0 Å². The van der Waals surface area contributed by atoms with E-state index in [0.717, 1.165) is 39.0 Å². The zero-order valence-electron chi connectivity index (χ0n) is 11.7. The number of hydrogen-bond donors (Lipinski definition) is 1. The second-order valence-corrected chi connectivity index (χ2v) is 4.94. The van der Waals surface area contributed by atoms with E-state index in [0.29, 0.717) is 25.0 Å². The fourth-order valence-electron chi connectivity index (χ4n) is 2.26. The highest BCUT2D eigenvalue weighted by Gasteiger charge is 2.23. The van der Waals surface area contributed by atoms with Gasteiger partial charge < -0.3 is 14.8 Å². The maximum absolute atomic E-state index is 11.1. The molecule has 1 heterocycles. The number of carbonyl (C=O) groups is 1. The molecule has 1 aliphatic heterocycles. The van der Waals surface area contributed by atoms with E-state index in [1.54, 1.807) is 0 Å². The monoisotopic (exact) mass is 257 g/mol. The van der Waals surface area contributed by atoms with Crippen molar-refractivity contribution >= 4 is 5.97 Å². The fraction of sp³-hybridized carbons (Fsp3) is 0.929. The van der Waals surface area contributed by atoms with Gasteiger partial charge in [0.15, 0.2) is 0 Å². The predicted molar refractivity (Wildman–Crippen MR) is 71.5 cm³/mol. The predicted octanol–water partition coefficient (Wildman–Crippen LogP) is 2.12. The SMILES string of the molecule is CCOC(=O)CCCCCNCC1CCOC1C. The van der Waals surface area contributed by atoms with Crippen LogP contribution in [0.15, 0.2) is 0 Å². The number of unbranched alkanes of at least 4 members (excludes halogenated alkanes) is 2. The van der Waals surface area contributed by atoms with Crippen LogP contribution in [0, 0.1) is 5.92 Å². The molecule has 1 aliphatic rings. The summed E-state index contributed by atoms with van der Waals surface area (Å²) < 4.78 is 10.4. The van der Waals surface area contributed by atoms with Gasteiger partial charge in [-0.2, -0.15) is 0 Å². The molecule has 2 atom stereocenters. The molecule has 2 unspecified atom stereocenters. The number of carbonyl (C=O) groups excluding carboxylic acids is 1. The van der Waals surface area contributed by atoms with Gasteiger partial charge in [0.25, 0.3) is 0 Å². The minimum absolute atomic E-state index is 0.0672. The maximum atomic E-state index is 11.1. The molecular weight excluding hydrogens is 230 g/mol. The molecule has 0 radical (unpaired) electrons. The molecule has 1 saturated heterocycles. The van der Waals surface area contributed by atoms with E-state index in [1.807, 2.05) is 6.92 Å². The summed E-state index contributed by atoms with van der Waals surface area (Å²) >= 11 is 0. The highest BCUT2D eigenvalue weighted by atomic mass is 16.5. The molecule has 18 heavy (non-hydrogen) atoms. The molecule has 1 N–H and O–H groups in total. The minimum Gasteiger partial charge on any atom is -0.466 e. The van der Waals surface area contributed by atoms with Gasteiger partial charge in [0.05, 0.1) is 12.7 Å². The number of hydrogen-bond acceptors (Lipinski definition) is 4. The summed E-state index contributed by atoms with van der Waals surface area (Å²) in [6, 6.07) is 0. The Kier molecular flexibility index (Phi) is 8.01. The Morgan fingerprint density at radius 2 is 2.22 bits per heavy atom. The Morgan fingerprint density at radius 1 is 1.39 bits per heavy atom. The summed E-state index contributed by atoms with van der Waals surface area (Å²) in [5, 5.41) is 3.47. The second-order valence-electron chi connectivity index (χ2n) is 4.94. The van der Waals surface area contributed by atoms with Crippen molar-refractivity contribution in [3.05, 3.63) is 0 Å². The molecule has 0 amide bonds. The van der Waals surface area contributed by atoms with Crippen molar-refractivity contribution in [1.82, 2.24) is 5.32 Å². The number of ether oxygens (including phenoxy) is 2. The van der Waals surface area contributed by atoms with Gasteiger partial charge in [-0.25, -0.2) is 0 Å². The Hall–Kier alpha value is -0.610. The van der Waals surface area contributed by atoms with Gasteiger partial charge in [-0.05, 0) is 45.6 Å². The van der Waals surface area contributed by atoms with E-state index in [4.69, 9.17) is 9.47 Å². The van der Waals surface area contributed by atoms with E-state index in [-0.39, 0.29) is 5.97 Å². The average Bonchev–Trinajstić information content (AvgIpc) is 2.74. The molecule has 4 nitrogen and oxygen atoms in total. The molecule has 0 bridgehead atoms. The van der Waals surface area contributed by atoms with Crippen LogP contribution in [-0.2, 0) is 14.3 Å². The third-order valence-corrected chi connectivity index (χ3v) is 3.48. The maximum Gasteiger partial charge on any atom is 0.305 e. The van der Waals surface area contributed by atoms with Crippen molar-refractivity contribution < 1.29 is 14.3 Å². The van der Waals surface area contributed by atoms with Gasteiger partial charge >= 0.3 is 5.97 Å². The number of rotatable bonds is 9. The molecule has 0 aromatic rings. The van der Waals surface area contributed by atoms with Gasteiger partial charge in [0, 0.05) is 19.6 Å². The summed E-state index contributed by atoms with van der Waals surface area (Å²) in [5.41, 5.74) is 0. The summed E-state index contributed by atoms with van der Waals surface area (Å²) in [4.78, 5) is 11.1. The first-order chi connectivity index (χ1) is 8.74. The van der Waals surface area contributed by atoms with Gasteiger partial charge in [0.2, 0.25) is 0 Å². The van der Waals surface area contributed by atoms with Gasteiger partial charge in [-0.15, -0.1) is 0 Å². The Bertz CT molecular complexity index is 233. The van der Waals surface area contributed by atoms with Crippen LogP contribution in [0.4, 0.5) is 0 Å². The quantitative estimate of drug-likeness (QED) is 0.508. The Labute approximate surface area is 110 Å². The van der Waals surface area contributed by atoms with E-state index >= 15 is 0 Å². The normalized spacial score (nSPS) is 23.2. The van der Waals surface area contributed by atoms with E-state index in [1.165, 1.54) is 6.42 Å². The van der Waals surface area contributed by atoms with Gasteiger partial charge in [-0.1, -0.05) is 6.42 Å². The molecule has 0 saturated carbocycles. The van der Waals surface area contributed by atoms with Crippen LogP contribution < -0.4 is 5.32 Å². The first-order valence-electron chi connectivity index (χ1n) is 7.22. The minimum atomic E-state index is -0.0672. The molecule has 0 spiro atoms. The number of nitrogens with one attached hydrogen (secondary N) is 1. The van der Waals surface area contributed by atoms with Crippen molar-refractivity contribution in [2.75, 3.05) is 26.3 Å². The van der Waals surface area contributed by atoms with Crippen LogP contribution in [0.1, 0.15) is 46.0 Å². The van der Waals surface area contributed by atoms with Crippen molar-refractivity contribution in [2.45, 2.75) is 52.1 Å². The molecule has 1 fully saturated rings. The molecule has 0 aliphatic carbocycles. The largest absolute Gasteiger partial charge is 0.466 e. The number of esters is 1. The zero-order valence-corrected chi connectivity index (χ0v) is 11.7. The highest BCUT2D eigenvalue weighted by Crippen LogP contribution is 2.19. The van der Waals surface area contributed by atoms with Crippen molar-refractivity contribution in [1.29, 1.82) is 0 Å². The van der Waals surface area contributed by atoms with E-state index in [9.17, 15) is 4.79 Å². The highest BCUT2D eigenvalue weighted by molar-refractivity contribution is 5.69. The van der Waals surface area contributed by atoms with Crippen molar-refractivity contribution in [3.8, 4) is 0 Å².